The van der Waals surface area contributed by atoms with Crippen LogP contribution in [0.15, 0.2) is 55.1 Å². The number of hydrogen-bond acceptors (Lipinski definition) is 3. The monoisotopic (exact) mass is 393 g/mol. The fourth-order valence-electron chi connectivity index (χ4n) is 3.14. The Morgan fingerprint density at radius 1 is 1.03 bits per heavy atom. The highest BCUT2D eigenvalue weighted by molar-refractivity contribution is 5.95. The Morgan fingerprint density at radius 2 is 1.72 bits per heavy atom. The fourth-order valence-corrected chi connectivity index (χ4v) is 3.14. The quantitative estimate of drug-likeness (QED) is 0.364. The van der Waals surface area contributed by atoms with Crippen molar-refractivity contribution in [1.29, 1.82) is 0 Å². The van der Waals surface area contributed by atoms with Crippen molar-refractivity contribution in [2.24, 2.45) is 0 Å². The van der Waals surface area contributed by atoms with E-state index in [9.17, 15) is 9.59 Å². The molecule has 0 fully saturated rings. The third kappa shape index (κ3) is 6.90. The van der Waals surface area contributed by atoms with Crippen molar-refractivity contribution in [3.05, 3.63) is 71.8 Å². The zero-order valence-electron chi connectivity index (χ0n) is 17.5. The van der Waals surface area contributed by atoms with E-state index in [-0.39, 0.29) is 11.9 Å². The first-order valence-corrected chi connectivity index (χ1v) is 10.3. The first kappa shape index (κ1) is 22.4. The number of aryl methyl sites for hydroxylation is 1. The molecule has 0 aliphatic heterocycles. The average molecular weight is 394 g/mol. The molecular weight excluding hydrogens is 362 g/mol. The summed E-state index contributed by atoms with van der Waals surface area (Å²) < 4.78 is 5.09. The number of ether oxygens (including phenoxy) is 1. The summed E-state index contributed by atoms with van der Waals surface area (Å²) in [5.74, 6) is -0.141. The number of benzene rings is 2. The zero-order valence-corrected chi connectivity index (χ0v) is 17.5. The summed E-state index contributed by atoms with van der Waals surface area (Å²) in [5, 5.41) is 0. The molecule has 2 aromatic rings. The molecule has 0 aliphatic carbocycles. The van der Waals surface area contributed by atoms with Gasteiger partial charge in [0.15, 0.2) is 0 Å². The zero-order chi connectivity index (χ0) is 21.1. The van der Waals surface area contributed by atoms with E-state index in [1.807, 2.05) is 48.2 Å². The molecule has 2 aromatic carbocycles. The molecule has 29 heavy (non-hydrogen) atoms. The SMILES string of the molecule is C=Cc1ccccc1N(Cc1ccccc1C)C(=O)CCCCC(=O)OCCC. The van der Waals surface area contributed by atoms with Gasteiger partial charge >= 0.3 is 5.97 Å². The van der Waals surface area contributed by atoms with Crippen LogP contribution in [0.2, 0.25) is 0 Å². The standard InChI is InChI=1S/C25H31NO3/c1-4-18-29-25(28)17-11-10-16-24(27)26(19-22-14-7-6-12-20(22)3)23-15-9-8-13-21(23)5-2/h5-9,12-15H,2,4,10-11,16-19H2,1,3H3. The molecule has 154 valence electrons. The number of nitrogens with zero attached hydrogens (tertiary/aromatic N) is 1. The fraction of sp³-hybridized carbons (Fsp3) is 0.360. The number of hydrogen-bond donors (Lipinski definition) is 0. The van der Waals surface area contributed by atoms with Gasteiger partial charge in [-0.3, -0.25) is 9.59 Å². The molecule has 0 atom stereocenters. The summed E-state index contributed by atoms with van der Waals surface area (Å²) in [6.45, 7) is 8.88. The molecule has 4 heteroatoms. The number of para-hydroxylation sites is 1. The first-order chi connectivity index (χ1) is 14.1. The Hall–Kier alpha value is -2.88. The van der Waals surface area contributed by atoms with E-state index in [4.69, 9.17) is 4.74 Å². The van der Waals surface area contributed by atoms with E-state index >= 15 is 0 Å². The Morgan fingerprint density at radius 3 is 2.45 bits per heavy atom. The van der Waals surface area contributed by atoms with Gasteiger partial charge in [-0.05, 0) is 48.9 Å². The van der Waals surface area contributed by atoms with Gasteiger partial charge in [0.2, 0.25) is 5.91 Å². The van der Waals surface area contributed by atoms with E-state index in [1.165, 1.54) is 0 Å². The number of carbonyl (C=O) groups is 2. The first-order valence-electron chi connectivity index (χ1n) is 10.3. The van der Waals surface area contributed by atoms with E-state index in [0.29, 0.717) is 38.8 Å². The predicted molar refractivity (Wildman–Crippen MR) is 119 cm³/mol. The Balaban J connectivity index is 2.08. The number of amides is 1. The second kappa shape index (κ2) is 11.8. The van der Waals surface area contributed by atoms with Gasteiger partial charge in [-0.2, -0.15) is 0 Å². The van der Waals surface area contributed by atoms with Crippen molar-refractivity contribution in [2.45, 2.75) is 52.5 Å². The van der Waals surface area contributed by atoms with Crippen LogP contribution in [0.4, 0.5) is 5.69 Å². The summed E-state index contributed by atoms with van der Waals surface area (Å²) in [6.07, 6.45) is 4.64. The summed E-state index contributed by atoms with van der Waals surface area (Å²) in [7, 11) is 0. The highest BCUT2D eigenvalue weighted by atomic mass is 16.5. The number of anilines is 1. The largest absolute Gasteiger partial charge is 0.466 e. The van der Waals surface area contributed by atoms with Gasteiger partial charge in [-0.25, -0.2) is 0 Å². The van der Waals surface area contributed by atoms with Gasteiger partial charge in [0.1, 0.15) is 0 Å². The summed E-state index contributed by atoms with van der Waals surface area (Å²) in [5.41, 5.74) is 4.05. The number of carbonyl (C=O) groups excluding carboxylic acids is 2. The lowest BCUT2D eigenvalue weighted by Gasteiger charge is -2.25. The van der Waals surface area contributed by atoms with Crippen molar-refractivity contribution in [2.75, 3.05) is 11.5 Å². The Labute approximate surface area is 174 Å². The van der Waals surface area contributed by atoms with Crippen molar-refractivity contribution in [1.82, 2.24) is 0 Å². The van der Waals surface area contributed by atoms with Crippen LogP contribution >= 0.6 is 0 Å². The van der Waals surface area contributed by atoms with Gasteiger partial charge < -0.3 is 9.64 Å². The normalized spacial score (nSPS) is 10.4. The van der Waals surface area contributed by atoms with E-state index in [1.54, 1.807) is 6.08 Å². The van der Waals surface area contributed by atoms with Gasteiger partial charge in [0.05, 0.1) is 18.8 Å². The molecule has 2 rings (SSSR count). The average Bonchev–Trinajstić information content (AvgIpc) is 2.74. The maximum absolute atomic E-state index is 13.1. The molecule has 0 radical (unpaired) electrons. The third-order valence-electron chi connectivity index (χ3n) is 4.83. The molecule has 0 heterocycles. The molecule has 0 spiro atoms. The van der Waals surface area contributed by atoms with Crippen LogP contribution in [-0.2, 0) is 20.9 Å². The second-order valence-corrected chi connectivity index (χ2v) is 7.10. The van der Waals surface area contributed by atoms with Crippen LogP contribution in [0.3, 0.4) is 0 Å². The van der Waals surface area contributed by atoms with Crippen LogP contribution in [0.1, 0.15) is 55.7 Å². The summed E-state index contributed by atoms with van der Waals surface area (Å²) in [6, 6.07) is 15.9. The van der Waals surface area contributed by atoms with Gasteiger partial charge in [-0.1, -0.05) is 62.0 Å². The summed E-state index contributed by atoms with van der Waals surface area (Å²) in [4.78, 5) is 26.6. The smallest absolute Gasteiger partial charge is 0.305 e. The molecule has 0 aliphatic rings. The highest BCUT2D eigenvalue weighted by Gasteiger charge is 2.19. The van der Waals surface area contributed by atoms with Crippen LogP contribution in [0.5, 0.6) is 0 Å². The Kier molecular flexibility index (Phi) is 9.16. The third-order valence-corrected chi connectivity index (χ3v) is 4.83. The van der Waals surface area contributed by atoms with Gasteiger partial charge in [0.25, 0.3) is 0 Å². The lowest BCUT2D eigenvalue weighted by atomic mass is 10.1. The minimum absolute atomic E-state index is 0.0458. The molecule has 0 aromatic heterocycles. The number of rotatable bonds is 11. The van der Waals surface area contributed by atoms with E-state index in [2.05, 4.69) is 25.6 Å². The Bertz CT molecular complexity index is 828. The van der Waals surface area contributed by atoms with Crippen LogP contribution in [-0.4, -0.2) is 18.5 Å². The highest BCUT2D eigenvalue weighted by Crippen LogP contribution is 2.25. The number of unbranched alkanes of at least 4 members (excludes halogenated alkanes) is 1. The predicted octanol–water partition coefficient (Wildman–Crippen LogP) is 5.68. The minimum atomic E-state index is -0.187. The van der Waals surface area contributed by atoms with Crippen molar-refractivity contribution in [3.63, 3.8) is 0 Å². The van der Waals surface area contributed by atoms with Gasteiger partial charge in [0, 0.05) is 12.8 Å². The van der Waals surface area contributed by atoms with Crippen molar-refractivity contribution >= 4 is 23.6 Å². The second-order valence-electron chi connectivity index (χ2n) is 7.10. The lowest BCUT2D eigenvalue weighted by Crippen LogP contribution is -2.31. The molecule has 0 N–H and O–H groups in total. The maximum atomic E-state index is 13.1. The molecule has 4 nitrogen and oxygen atoms in total. The molecule has 0 saturated carbocycles. The van der Waals surface area contributed by atoms with Crippen molar-refractivity contribution < 1.29 is 14.3 Å². The molecule has 0 saturated heterocycles. The van der Waals surface area contributed by atoms with Gasteiger partial charge in [-0.15, -0.1) is 0 Å². The van der Waals surface area contributed by atoms with Crippen LogP contribution < -0.4 is 4.90 Å². The van der Waals surface area contributed by atoms with Crippen LogP contribution in [0.25, 0.3) is 6.08 Å². The molecule has 1 amide bonds. The molecule has 0 unspecified atom stereocenters. The summed E-state index contributed by atoms with van der Waals surface area (Å²) >= 11 is 0. The van der Waals surface area contributed by atoms with Crippen molar-refractivity contribution in [3.8, 4) is 0 Å². The van der Waals surface area contributed by atoms with Crippen LogP contribution in [0, 0.1) is 6.92 Å². The molecular formula is C25H31NO3. The van der Waals surface area contributed by atoms with E-state index in [0.717, 1.165) is 28.8 Å². The molecule has 0 bridgehead atoms. The lowest BCUT2D eigenvalue weighted by molar-refractivity contribution is -0.143. The number of esters is 1. The van der Waals surface area contributed by atoms with E-state index < -0.39 is 0 Å². The topological polar surface area (TPSA) is 46.6 Å². The maximum Gasteiger partial charge on any atom is 0.305 e. The minimum Gasteiger partial charge on any atom is -0.466 e.